The Hall–Kier alpha value is -1.26. The standard InChI is InChI=1S/C18H12Br2O2/c19-13-5-1-3-9-15(21)7-11(17(9)13)12-8-16(22)10-4-2-6-14(20)18(10)12/h1-6,11-12H,7-8H2. The van der Waals surface area contributed by atoms with Crippen LogP contribution in [0.1, 0.15) is 56.5 Å². The highest BCUT2D eigenvalue weighted by Gasteiger charge is 2.42. The van der Waals surface area contributed by atoms with Gasteiger partial charge in [0.1, 0.15) is 0 Å². The molecule has 0 heterocycles. The lowest BCUT2D eigenvalue weighted by Crippen LogP contribution is -2.08. The molecule has 0 N–H and O–H groups in total. The average Bonchev–Trinajstić information content (AvgIpc) is 3.00. The van der Waals surface area contributed by atoms with E-state index >= 15 is 0 Å². The summed E-state index contributed by atoms with van der Waals surface area (Å²) in [5.41, 5.74) is 3.72. The van der Waals surface area contributed by atoms with Crippen LogP contribution in [0.4, 0.5) is 0 Å². The van der Waals surface area contributed by atoms with Gasteiger partial charge in [-0.15, -0.1) is 0 Å². The lowest BCUT2D eigenvalue weighted by molar-refractivity contribution is 0.0963. The van der Waals surface area contributed by atoms with Gasteiger partial charge in [-0.1, -0.05) is 56.1 Å². The second-order valence-electron chi connectivity index (χ2n) is 5.87. The van der Waals surface area contributed by atoms with Crippen molar-refractivity contribution in [2.24, 2.45) is 0 Å². The van der Waals surface area contributed by atoms with Gasteiger partial charge in [0.05, 0.1) is 0 Å². The maximum atomic E-state index is 12.3. The first-order valence-corrected chi connectivity index (χ1v) is 8.79. The Kier molecular flexibility index (Phi) is 3.35. The maximum absolute atomic E-state index is 12.3. The van der Waals surface area contributed by atoms with Gasteiger partial charge in [-0.3, -0.25) is 9.59 Å². The lowest BCUT2D eigenvalue weighted by atomic mass is 9.83. The van der Waals surface area contributed by atoms with E-state index in [1.165, 1.54) is 0 Å². The third-order valence-corrected chi connectivity index (χ3v) is 6.13. The molecule has 0 saturated heterocycles. The van der Waals surface area contributed by atoms with Crippen molar-refractivity contribution in [3.8, 4) is 0 Å². The minimum Gasteiger partial charge on any atom is -0.294 e. The number of hydrogen-bond donors (Lipinski definition) is 0. The van der Waals surface area contributed by atoms with Crippen molar-refractivity contribution in [1.29, 1.82) is 0 Å². The van der Waals surface area contributed by atoms with Gasteiger partial charge in [-0.05, 0) is 23.3 Å². The number of benzene rings is 2. The highest BCUT2D eigenvalue weighted by molar-refractivity contribution is 9.10. The van der Waals surface area contributed by atoms with E-state index in [0.717, 1.165) is 31.2 Å². The smallest absolute Gasteiger partial charge is 0.163 e. The molecule has 0 bridgehead atoms. The van der Waals surface area contributed by atoms with E-state index in [1.807, 2.05) is 36.4 Å². The lowest BCUT2D eigenvalue weighted by Gasteiger charge is -2.21. The Morgan fingerprint density at radius 3 is 1.55 bits per heavy atom. The summed E-state index contributed by atoms with van der Waals surface area (Å²) in [5, 5.41) is 0. The van der Waals surface area contributed by atoms with E-state index in [1.54, 1.807) is 0 Å². The van der Waals surface area contributed by atoms with Crippen LogP contribution in [-0.2, 0) is 0 Å². The summed E-state index contributed by atoms with van der Waals surface area (Å²) < 4.78 is 1.93. The number of Topliss-reactive ketones (excluding diaryl/α,β-unsaturated/α-hetero) is 2. The first-order chi connectivity index (χ1) is 10.6. The molecule has 0 aliphatic heterocycles. The fourth-order valence-corrected chi connectivity index (χ4v) is 5.14. The predicted molar refractivity (Wildman–Crippen MR) is 91.7 cm³/mol. The number of carbonyl (C=O) groups is 2. The molecule has 4 rings (SSSR count). The number of carbonyl (C=O) groups excluding carboxylic acids is 2. The van der Waals surface area contributed by atoms with Crippen molar-refractivity contribution < 1.29 is 9.59 Å². The summed E-state index contributed by atoms with van der Waals surface area (Å²) in [6.07, 6.45) is 0.966. The molecule has 0 fully saturated rings. The first-order valence-electron chi connectivity index (χ1n) is 7.21. The fraction of sp³-hybridized carbons (Fsp3) is 0.222. The second kappa shape index (κ2) is 5.14. The van der Waals surface area contributed by atoms with Crippen LogP contribution in [0.5, 0.6) is 0 Å². The quantitative estimate of drug-likeness (QED) is 0.632. The van der Waals surface area contributed by atoms with Gasteiger partial charge < -0.3 is 0 Å². The minimum absolute atomic E-state index is 0.0713. The SMILES string of the molecule is O=C1CC(C2CC(=O)c3cccc(Br)c32)c2c(Br)cccc21. The van der Waals surface area contributed by atoms with Crippen LogP contribution in [0.25, 0.3) is 0 Å². The zero-order chi connectivity index (χ0) is 15.4. The molecule has 22 heavy (non-hydrogen) atoms. The Labute approximate surface area is 145 Å². The molecular formula is C18H12Br2O2. The summed E-state index contributed by atoms with van der Waals surface area (Å²) in [5.74, 6) is 0.493. The van der Waals surface area contributed by atoms with E-state index < -0.39 is 0 Å². The highest BCUT2D eigenvalue weighted by atomic mass is 79.9. The topological polar surface area (TPSA) is 34.1 Å². The van der Waals surface area contributed by atoms with Gasteiger partial charge in [0, 0.05) is 44.7 Å². The predicted octanol–water partition coefficient (Wildman–Crippen LogP) is 5.25. The summed E-state index contributed by atoms with van der Waals surface area (Å²) >= 11 is 7.17. The van der Waals surface area contributed by atoms with Crippen molar-refractivity contribution >= 4 is 43.4 Å². The third kappa shape index (κ3) is 1.97. The summed E-state index contributed by atoms with van der Waals surface area (Å²) in [6.45, 7) is 0. The normalized spacial score (nSPS) is 22.8. The average molecular weight is 420 g/mol. The van der Waals surface area contributed by atoms with E-state index in [4.69, 9.17) is 0 Å². The number of rotatable bonds is 1. The van der Waals surface area contributed by atoms with Gasteiger partial charge >= 0.3 is 0 Å². The number of fused-ring (bicyclic) bond motifs is 2. The van der Waals surface area contributed by atoms with Gasteiger partial charge in [-0.25, -0.2) is 0 Å². The van der Waals surface area contributed by atoms with Gasteiger partial charge in [-0.2, -0.15) is 0 Å². The fourth-order valence-electron chi connectivity index (χ4n) is 3.82. The zero-order valence-corrected chi connectivity index (χ0v) is 14.8. The van der Waals surface area contributed by atoms with Crippen molar-refractivity contribution in [3.05, 3.63) is 67.6 Å². The van der Waals surface area contributed by atoms with Crippen LogP contribution < -0.4 is 0 Å². The zero-order valence-electron chi connectivity index (χ0n) is 11.6. The molecule has 2 aliphatic carbocycles. The Morgan fingerprint density at radius 2 is 1.14 bits per heavy atom. The number of ketones is 2. The van der Waals surface area contributed by atoms with Gasteiger partial charge in [0.2, 0.25) is 0 Å². The van der Waals surface area contributed by atoms with Crippen molar-refractivity contribution in [2.45, 2.75) is 24.7 Å². The second-order valence-corrected chi connectivity index (χ2v) is 7.58. The molecule has 0 spiro atoms. The molecule has 0 aromatic heterocycles. The molecule has 0 radical (unpaired) electrons. The van der Waals surface area contributed by atoms with Crippen LogP contribution in [0.15, 0.2) is 45.3 Å². The molecule has 110 valence electrons. The molecule has 2 unspecified atom stereocenters. The van der Waals surface area contributed by atoms with Crippen LogP contribution in [0.2, 0.25) is 0 Å². The van der Waals surface area contributed by atoms with E-state index in [0.29, 0.717) is 12.8 Å². The maximum Gasteiger partial charge on any atom is 0.163 e. The number of halogens is 2. The first kappa shape index (κ1) is 14.3. The molecule has 2 atom stereocenters. The Bertz CT molecular complexity index is 756. The Morgan fingerprint density at radius 1 is 0.727 bits per heavy atom. The van der Waals surface area contributed by atoms with Gasteiger partial charge in [0.15, 0.2) is 11.6 Å². The molecule has 2 nitrogen and oxygen atoms in total. The van der Waals surface area contributed by atoms with Crippen LogP contribution in [-0.4, -0.2) is 11.6 Å². The number of hydrogen-bond acceptors (Lipinski definition) is 2. The van der Waals surface area contributed by atoms with Crippen molar-refractivity contribution in [2.75, 3.05) is 0 Å². The molecule has 2 aromatic carbocycles. The molecule has 4 heteroatoms. The molecule has 2 aliphatic rings. The molecule has 2 aromatic rings. The van der Waals surface area contributed by atoms with Crippen LogP contribution in [0.3, 0.4) is 0 Å². The van der Waals surface area contributed by atoms with E-state index in [-0.39, 0.29) is 23.4 Å². The third-order valence-electron chi connectivity index (χ3n) is 4.74. The molecular weight excluding hydrogens is 408 g/mol. The van der Waals surface area contributed by atoms with Crippen molar-refractivity contribution in [3.63, 3.8) is 0 Å². The van der Waals surface area contributed by atoms with Crippen molar-refractivity contribution in [1.82, 2.24) is 0 Å². The summed E-state index contributed by atoms with van der Waals surface area (Å²) in [7, 11) is 0. The van der Waals surface area contributed by atoms with Crippen LogP contribution >= 0.6 is 31.9 Å². The van der Waals surface area contributed by atoms with Crippen LogP contribution in [0, 0.1) is 0 Å². The Balaban J connectivity index is 1.88. The van der Waals surface area contributed by atoms with Gasteiger partial charge in [0.25, 0.3) is 0 Å². The van der Waals surface area contributed by atoms with E-state index in [9.17, 15) is 9.59 Å². The summed E-state index contributed by atoms with van der Waals surface area (Å²) in [6, 6.07) is 11.5. The highest BCUT2D eigenvalue weighted by Crippen LogP contribution is 2.52. The minimum atomic E-state index is 0.0713. The summed E-state index contributed by atoms with van der Waals surface area (Å²) in [4.78, 5) is 24.7. The van der Waals surface area contributed by atoms with E-state index in [2.05, 4.69) is 31.9 Å². The molecule has 0 saturated carbocycles. The molecule has 0 amide bonds. The monoisotopic (exact) mass is 418 g/mol. The largest absolute Gasteiger partial charge is 0.294 e.